The molecule has 30 heavy (non-hydrogen) atoms. The summed E-state index contributed by atoms with van der Waals surface area (Å²) in [5, 5.41) is 4.97. The number of rotatable bonds is 3. The van der Waals surface area contributed by atoms with E-state index in [9.17, 15) is 4.39 Å². The Hall–Kier alpha value is -3.32. The minimum Gasteiger partial charge on any atom is -0.354 e. The second-order valence-electron chi connectivity index (χ2n) is 7.68. The van der Waals surface area contributed by atoms with Crippen LogP contribution in [0.4, 0.5) is 10.2 Å². The molecule has 4 heterocycles. The monoisotopic (exact) mass is 402 g/mol. The number of fused-ring (bicyclic) bond motifs is 1. The van der Waals surface area contributed by atoms with Gasteiger partial charge in [-0.2, -0.15) is 0 Å². The van der Waals surface area contributed by atoms with Gasteiger partial charge >= 0.3 is 0 Å². The lowest BCUT2D eigenvalue weighted by atomic mass is 10.1. The topological polar surface area (TPSA) is 49.6 Å². The number of pyridine rings is 1. The van der Waals surface area contributed by atoms with Crippen molar-refractivity contribution < 1.29 is 4.39 Å². The molecule has 0 radical (unpaired) electrons. The molecule has 1 aromatic carbocycles. The van der Waals surface area contributed by atoms with E-state index >= 15 is 0 Å². The summed E-state index contributed by atoms with van der Waals surface area (Å²) in [6, 6.07) is 12.6. The lowest BCUT2D eigenvalue weighted by Gasteiger charge is -2.22. The van der Waals surface area contributed by atoms with Gasteiger partial charge in [-0.1, -0.05) is 12.1 Å². The van der Waals surface area contributed by atoms with Crippen LogP contribution in [0.25, 0.3) is 28.0 Å². The number of nitrogens with zero attached hydrogens (tertiary/aromatic N) is 6. The van der Waals surface area contributed by atoms with Crippen LogP contribution in [0.5, 0.6) is 0 Å². The molecule has 1 fully saturated rings. The van der Waals surface area contributed by atoms with Gasteiger partial charge in [0.2, 0.25) is 0 Å². The van der Waals surface area contributed by atoms with Crippen molar-refractivity contribution in [3.63, 3.8) is 0 Å². The fourth-order valence-electron chi connectivity index (χ4n) is 3.95. The van der Waals surface area contributed by atoms with Crippen LogP contribution in [0.2, 0.25) is 0 Å². The average molecular weight is 402 g/mol. The standard InChI is InChI=1S/C23H23FN6/c1-28-11-2-12-29(14-13-28)22-15-20(17-3-5-19(24)6-4-17)23-26-16-21(30(23)27-22)18-7-9-25-10-8-18/h3-10,15-16H,2,11-14H2,1H3. The van der Waals surface area contributed by atoms with Crippen molar-refractivity contribution >= 4 is 11.5 Å². The Bertz CT molecular complexity index is 1160. The second kappa shape index (κ2) is 7.84. The highest BCUT2D eigenvalue weighted by atomic mass is 19.1. The molecule has 1 aliphatic rings. The third-order valence-corrected chi connectivity index (χ3v) is 5.63. The zero-order valence-electron chi connectivity index (χ0n) is 16.9. The van der Waals surface area contributed by atoms with Crippen molar-refractivity contribution in [1.82, 2.24) is 24.5 Å². The first-order valence-electron chi connectivity index (χ1n) is 10.2. The number of hydrogen-bond donors (Lipinski definition) is 0. The summed E-state index contributed by atoms with van der Waals surface area (Å²) < 4.78 is 15.4. The molecule has 1 aliphatic heterocycles. The Morgan fingerprint density at radius 3 is 2.50 bits per heavy atom. The molecule has 1 saturated heterocycles. The van der Waals surface area contributed by atoms with E-state index in [0.717, 1.165) is 66.4 Å². The van der Waals surface area contributed by atoms with E-state index in [2.05, 4.69) is 32.9 Å². The van der Waals surface area contributed by atoms with Gasteiger partial charge in [-0.25, -0.2) is 13.9 Å². The van der Waals surface area contributed by atoms with Gasteiger partial charge in [0.05, 0.1) is 11.9 Å². The van der Waals surface area contributed by atoms with Gasteiger partial charge in [0.25, 0.3) is 0 Å². The molecular formula is C23H23FN6. The minimum absolute atomic E-state index is 0.250. The summed E-state index contributed by atoms with van der Waals surface area (Å²) in [5.41, 5.74) is 4.53. The maximum Gasteiger partial charge on any atom is 0.162 e. The summed E-state index contributed by atoms with van der Waals surface area (Å²) >= 11 is 0. The van der Waals surface area contributed by atoms with Crippen LogP contribution in [0, 0.1) is 5.82 Å². The van der Waals surface area contributed by atoms with Gasteiger partial charge in [-0.3, -0.25) is 4.98 Å². The SMILES string of the molecule is CN1CCCN(c2cc(-c3ccc(F)cc3)c3ncc(-c4ccncc4)n3n2)CC1. The first-order chi connectivity index (χ1) is 14.7. The van der Waals surface area contributed by atoms with Crippen LogP contribution in [-0.4, -0.2) is 57.7 Å². The molecule has 0 N–H and O–H groups in total. The predicted molar refractivity (Wildman–Crippen MR) is 116 cm³/mol. The Labute approximate surface area is 174 Å². The lowest BCUT2D eigenvalue weighted by Crippen LogP contribution is -2.29. The van der Waals surface area contributed by atoms with Crippen molar-refractivity contribution in [1.29, 1.82) is 0 Å². The van der Waals surface area contributed by atoms with Crippen LogP contribution in [-0.2, 0) is 0 Å². The van der Waals surface area contributed by atoms with Crippen LogP contribution in [0.3, 0.4) is 0 Å². The van der Waals surface area contributed by atoms with Crippen LogP contribution in [0.15, 0.2) is 61.1 Å². The number of imidazole rings is 1. The number of likely N-dealkylation sites (N-methyl/N-ethyl adjacent to an activating group) is 1. The molecule has 3 aromatic heterocycles. The average Bonchev–Trinajstić information content (AvgIpc) is 3.08. The Balaban J connectivity index is 1.69. The molecule has 0 atom stereocenters. The smallest absolute Gasteiger partial charge is 0.162 e. The summed E-state index contributed by atoms with van der Waals surface area (Å²) in [5.74, 6) is 0.658. The molecule has 0 unspecified atom stereocenters. The Morgan fingerprint density at radius 2 is 1.70 bits per heavy atom. The molecule has 0 aliphatic carbocycles. The molecular weight excluding hydrogens is 379 g/mol. The number of aromatic nitrogens is 4. The van der Waals surface area contributed by atoms with Crippen LogP contribution >= 0.6 is 0 Å². The first-order valence-corrected chi connectivity index (χ1v) is 10.2. The first kappa shape index (κ1) is 18.7. The molecule has 4 aromatic rings. The molecule has 5 rings (SSSR count). The third-order valence-electron chi connectivity index (χ3n) is 5.63. The number of benzene rings is 1. The fourth-order valence-corrected chi connectivity index (χ4v) is 3.95. The maximum absolute atomic E-state index is 13.5. The minimum atomic E-state index is -0.250. The van der Waals surface area contributed by atoms with E-state index in [-0.39, 0.29) is 5.82 Å². The zero-order chi connectivity index (χ0) is 20.5. The van der Waals surface area contributed by atoms with Crippen LogP contribution < -0.4 is 4.90 Å². The van der Waals surface area contributed by atoms with Crippen molar-refractivity contribution in [2.24, 2.45) is 0 Å². The highest BCUT2D eigenvalue weighted by molar-refractivity contribution is 5.81. The van der Waals surface area contributed by atoms with E-state index < -0.39 is 0 Å². The molecule has 7 heteroatoms. The number of halogens is 1. The summed E-state index contributed by atoms with van der Waals surface area (Å²) in [6.45, 7) is 3.94. The second-order valence-corrected chi connectivity index (χ2v) is 7.68. The molecule has 0 amide bonds. The highest BCUT2D eigenvalue weighted by Gasteiger charge is 2.19. The van der Waals surface area contributed by atoms with Gasteiger partial charge in [0.15, 0.2) is 5.65 Å². The summed E-state index contributed by atoms with van der Waals surface area (Å²) in [4.78, 5) is 13.5. The van der Waals surface area contributed by atoms with Crippen molar-refractivity contribution in [2.45, 2.75) is 6.42 Å². The fraction of sp³-hybridized carbons (Fsp3) is 0.261. The predicted octanol–water partition coefficient (Wildman–Crippen LogP) is 3.74. The highest BCUT2D eigenvalue weighted by Crippen LogP contribution is 2.31. The Morgan fingerprint density at radius 1 is 0.900 bits per heavy atom. The van der Waals surface area contributed by atoms with E-state index in [0.29, 0.717) is 0 Å². The normalized spacial score (nSPS) is 15.5. The largest absolute Gasteiger partial charge is 0.354 e. The Kier molecular flexibility index (Phi) is 4.88. The van der Waals surface area contributed by atoms with Crippen LogP contribution in [0.1, 0.15) is 6.42 Å². The number of hydrogen-bond acceptors (Lipinski definition) is 5. The van der Waals surface area contributed by atoms with Crippen molar-refractivity contribution in [3.05, 3.63) is 66.9 Å². The molecule has 0 bridgehead atoms. The molecule has 6 nitrogen and oxygen atoms in total. The van der Waals surface area contributed by atoms with Gasteiger partial charge in [0, 0.05) is 43.2 Å². The van der Waals surface area contributed by atoms with Gasteiger partial charge in [0.1, 0.15) is 11.6 Å². The summed E-state index contributed by atoms with van der Waals surface area (Å²) in [6.07, 6.45) is 6.46. The molecule has 0 saturated carbocycles. The van der Waals surface area contributed by atoms with Gasteiger partial charge < -0.3 is 9.80 Å². The lowest BCUT2D eigenvalue weighted by molar-refractivity contribution is 0.360. The van der Waals surface area contributed by atoms with Gasteiger partial charge in [-0.05, 0) is 55.9 Å². The van der Waals surface area contributed by atoms with Crippen molar-refractivity contribution in [3.8, 4) is 22.4 Å². The van der Waals surface area contributed by atoms with E-state index in [1.54, 1.807) is 24.5 Å². The van der Waals surface area contributed by atoms with Crippen molar-refractivity contribution in [2.75, 3.05) is 38.1 Å². The third kappa shape index (κ3) is 3.52. The maximum atomic E-state index is 13.5. The van der Waals surface area contributed by atoms with E-state index in [4.69, 9.17) is 5.10 Å². The molecule has 0 spiro atoms. The quantitative estimate of drug-likeness (QED) is 0.523. The zero-order valence-corrected chi connectivity index (χ0v) is 16.9. The number of anilines is 1. The summed E-state index contributed by atoms with van der Waals surface area (Å²) in [7, 11) is 2.15. The van der Waals surface area contributed by atoms with Gasteiger partial charge in [-0.15, -0.1) is 5.10 Å². The molecule has 152 valence electrons. The van der Waals surface area contributed by atoms with E-state index in [1.807, 2.05) is 22.8 Å². The van der Waals surface area contributed by atoms with E-state index in [1.165, 1.54) is 12.1 Å².